The van der Waals surface area contributed by atoms with Crippen LogP contribution >= 0.6 is 0 Å². The molecule has 1 fully saturated rings. The van der Waals surface area contributed by atoms with Crippen molar-refractivity contribution in [2.75, 3.05) is 13.7 Å². The van der Waals surface area contributed by atoms with Crippen molar-refractivity contribution in [3.05, 3.63) is 35.4 Å². The molecule has 3 N–H and O–H groups in total. The smallest absolute Gasteiger partial charge is 0.335 e. The van der Waals surface area contributed by atoms with Gasteiger partial charge in [-0.05, 0) is 30.5 Å². The zero-order chi connectivity index (χ0) is 15.5. The van der Waals surface area contributed by atoms with Crippen molar-refractivity contribution in [1.29, 1.82) is 0 Å². The van der Waals surface area contributed by atoms with E-state index in [1.165, 1.54) is 12.1 Å². The number of aromatic carboxylic acids is 1. The summed E-state index contributed by atoms with van der Waals surface area (Å²) in [6.45, 7) is 0.456. The number of methoxy groups -OCH3 is 1. The molecule has 7 heteroatoms. The van der Waals surface area contributed by atoms with Crippen molar-refractivity contribution in [1.82, 2.24) is 10.6 Å². The van der Waals surface area contributed by atoms with Crippen LogP contribution in [0.15, 0.2) is 24.3 Å². The molecular weight excluding hydrogens is 276 g/mol. The summed E-state index contributed by atoms with van der Waals surface area (Å²) in [4.78, 5) is 34.5. The van der Waals surface area contributed by atoms with E-state index < -0.39 is 23.4 Å². The van der Waals surface area contributed by atoms with Gasteiger partial charge >= 0.3 is 12.0 Å². The molecule has 0 aromatic heterocycles. The molecule has 1 heterocycles. The van der Waals surface area contributed by atoms with Crippen LogP contribution in [0.2, 0.25) is 0 Å². The first kappa shape index (κ1) is 15.0. The first-order chi connectivity index (χ1) is 9.99. The van der Waals surface area contributed by atoms with Crippen LogP contribution in [-0.4, -0.2) is 36.7 Å². The lowest BCUT2D eigenvalue weighted by Crippen LogP contribution is -2.44. The molecular formula is C14H16N2O5. The lowest BCUT2D eigenvalue weighted by Gasteiger charge is -2.26. The molecule has 1 unspecified atom stereocenters. The number of hydrogen-bond acceptors (Lipinski definition) is 4. The van der Waals surface area contributed by atoms with Gasteiger partial charge in [-0.15, -0.1) is 0 Å². The first-order valence-corrected chi connectivity index (χ1v) is 6.46. The Labute approximate surface area is 121 Å². The maximum Gasteiger partial charge on any atom is 0.335 e. The minimum absolute atomic E-state index is 0.121. The second kappa shape index (κ2) is 5.92. The molecule has 3 amide bonds. The monoisotopic (exact) mass is 292 g/mol. The summed E-state index contributed by atoms with van der Waals surface area (Å²) in [7, 11) is 1.56. The summed E-state index contributed by atoms with van der Waals surface area (Å²) in [5.41, 5.74) is -0.505. The predicted octanol–water partition coefficient (Wildman–Crippen LogP) is 0.846. The van der Waals surface area contributed by atoms with Crippen LogP contribution in [0.4, 0.5) is 4.79 Å². The summed E-state index contributed by atoms with van der Waals surface area (Å²) in [5, 5.41) is 13.8. The summed E-state index contributed by atoms with van der Waals surface area (Å²) in [6.07, 6.45) is 0.940. The molecule has 0 bridgehead atoms. The van der Waals surface area contributed by atoms with E-state index >= 15 is 0 Å². The van der Waals surface area contributed by atoms with Crippen molar-refractivity contribution in [2.45, 2.75) is 18.4 Å². The Kier molecular flexibility index (Phi) is 4.23. The number of imide groups is 1. The molecule has 0 spiro atoms. The fourth-order valence-corrected chi connectivity index (χ4v) is 2.39. The van der Waals surface area contributed by atoms with Gasteiger partial charge in [0.15, 0.2) is 0 Å². The van der Waals surface area contributed by atoms with Gasteiger partial charge in [-0.25, -0.2) is 9.59 Å². The molecule has 1 atom stereocenters. The lowest BCUT2D eigenvalue weighted by atomic mass is 9.85. The van der Waals surface area contributed by atoms with Gasteiger partial charge in [0, 0.05) is 13.7 Å². The fraction of sp³-hybridized carbons (Fsp3) is 0.357. The third-order valence-corrected chi connectivity index (χ3v) is 3.47. The number of amides is 3. The highest BCUT2D eigenvalue weighted by Crippen LogP contribution is 2.30. The Balaban J connectivity index is 2.33. The second-order valence-corrected chi connectivity index (χ2v) is 4.79. The van der Waals surface area contributed by atoms with E-state index in [1.807, 2.05) is 0 Å². The van der Waals surface area contributed by atoms with Crippen LogP contribution in [0, 0.1) is 0 Å². The SMILES string of the molecule is COCCCC1(c2ccc(C(=O)O)cc2)NC(=O)NC1=O. The molecule has 0 aliphatic carbocycles. The highest BCUT2D eigenvalue weighted by molar-refractivity contribution is 6.07. The quantitative estimate of drug-likeness (QED) is 0.532. The largest absolute Gasteiger partial charge is 0.478 e. The van der Waals surface area contributed by atoms with Crippen LogP contribution < -0.4 is 10.6 Å². The van der Waals surface area contributed by atoms with E-state index in [-0.39, 0.29) is 5.56 Å². The average molecular weight is 292 g/mol. The Bertz CT molecular complexity index is 569. The van der Waals surface area contributed by atoms with E-state index in [1.54, 1.807) is 19.2 Å². The lowest BCUT2D eigenvalue weighted by molar-refractivity contribution is -0.124. The van der Waals surface area contributed by atoms with Crippen molar-refractivity contribution >= 4 is 17.9 Å². The van der Waals surface area contributed by atoms with Crippen LogP contribution in [0.25, 0.3) is 0 Å². The van der Waals surface area contributed by atoms with Gasteiger partial charge in [-0.1, -0.05) is 12.1 Å². The Morgan fingerprint density at radius 2 is 1.95 bits per heavy atom. The van der Waals surface area contributed by atoms with Crippen molar-refractivity contribution in [3.63, 3.8) is 0 Å². The van der Waals surface area contributed by atoms with E-state index in [0.29, 0.717) is 25.0 Å². The summed E-state index contributed by atoms with van der Waals surface area (Å²) >= 11 is 0. The maximum absolute atomic E-state index is 12.2. The van der Waals surface area contributed by atoms with Gasteiger partial charge in [-0.3, -0.25) is 10.1 Å². The Morgan fingerprint density at radius 3 is 2.43 bits per heavy atom. The van der Waals surface area contributed by atoms with E-state index in [9.17, 15) is 14.4 Å². The molecule has 1 aliphatic heterocycles. The number of ether oxygens (including phenoxy) is 1. The summed E-state index contributed by atoms with van der Waals surface area (Å²) in [6, 6.07) is 5.35. The van der Waals surface area contributed by atoms with Gasteiger partial charge in [0.1, 0.15) is 5.54 Å². The van der Waals surface area contributed by atoms with Gasteiger partial charge in [0.2, 0.25) is 0 Å². The van der Waals surface area contributed by atoms with Crippen molar-refractivity contribution in [2.24, 2.45) is 0 Å². The maximum atomic E-state index is 12.2. The van der Waals surface area contributed by atoms with Crippen LogP contribution in [0.5, 0.6) is 0 Å². The normalized spacial score (nSPS) is 21.0. The number of nitrogens with one attached hydrogen (secondary N) is 2. The van der Waals surface area contributed by atoms with E-state index in [0.717, 1.165) is 0 Å². The highest BCUT2D eigenvalue weighted by atomic mass is 16.5. The van der Waals surface area contributed by atoms with E-state index in [2.05, 4.69) is 10.6 Å². The molecule has 1 aliphatic rings. The number of carboxylic acid groups (broad SMARTS) is 1. The third kappa shape index (κ3) is 2.87. The number of carbonyl (C=O) groups is 3. The Morgan fingerprint density at radius 1 is 1.29 bits per heavy atom. The van der Waals surface area contributed by atoms with Gasteiger partial charge in [0.05, 0.1) is 5.56 Å². The van der Waals surface area contributed by atoms with Crippen LogP contribution in [0.3, 0.4) is 0 Å². The molecule has 0 radical (unpaired) electrons. The minimum atomic E-state index is -1.17. The van der Waals surface area contributed by atoms with E-state index in [4.69, 9.17) is 9.84 Å². The fourth-order valence-electron chi connectivity index (χ4n) is 2.39. The second-order valence-electron chi connectivity index (χ2n) is 4.79. The zero-order valence-electron chi connectivity index (χ0n) is 11.5. The summed E-state index contributed by atoms with van der Waals surface area (Å²) < 4.78 is 4.97. The first-order valence-electron chi connectivity index (χ1n) is 6.46. The molecule has 2 rings (SSSR count). The molecule has 21 heavy (non-hydrogen) atoms. The van der Waals surface area contributed by atoms with Gasteiger partial charge in [0.25, 0.3) is 5.91 Å². The number of carbonyl (C=O) groups excluding carboxylic acids is 2. The summed E-state index contributed by atoms with van der Waals surface area (Å²) in [5.74, 6) is -1.48. The average Bonchev–Trinajstić information content (AvgIpc) is 2.74. The molecule has 0 saturated carbocycles. The molecule has 1 saturated heterocycles. The third-order valence-electron chi connectivity index (χ3n) is 3.47. The molecule has 7 nitrogen and oxygen atoms in total. The topological polar surface area (TPSA) is 105 Å². The van der Waals surface area contributed by atoms with Crippen molar-refractivity contribution < 1.29 is 24.2 Å². The number of rotatable bonds is 6. The van der Waals surface area contributed by atoms with Crippen LogP contribution in [-0.2, 0) is 15.1 Å². The molecule has 1 aromatic carbocycles. The van der Waals surface area contributed by atoms with Crippen LogP contribution in [0.1, 0.15) is 28.8 Å². The molecule has 1 aromatic rings. The number of carboxylic acids is 1. The number of hydrogen-bond donors (Lipinski definition) is 3. The van der Waals surface area contributed by atoms with Gasteiger partial charge < -0.3 is 15.2 Å². The molecule has 112 valence electrons. The minimum Gasteiger partial charge on any atom is -0.478 e. The zero-order valence-corrected chi connectivity index (χ0v) is 11.5. The predicted molar refractivity (Wildman–Crippen MR) is 72.9 cm³/mol. The van der Waals surface area contributed by atoms with Gasteiger partial charge in [-0.2, -0.15) is 0 Å². The standard InChI is InChI=1S/C14H16N2O5/c1-21-8-2-7-14(12(19)15-13(20)16-14)10-5-3-9(4-6-10)11(17)18/h3-6H,2,7-8H2,1H3,(H,17,18)(H2,15,16,19,20). The Hall–Kier alpha value is -2.41. The highest BCUT2D eigenvalue weighted by Gasteiger charge is 2.47. The number of benzene rings is 1. The van der Waals surface area contributed by atoms with Crippen molar-refractivity contribution in [3.8, 4) is 0 Å². The number of urea groups is 1.